The van der Waals surface area contributed by atoms with Gasteiger partial charge in [0.15, 0.2) is 17.0 Å². The van der Waals surface area contributed by atoms with Crippen LogP contribution in [-0.4, -0.2) is 32.7 Å². The molecular weight excluding hydrogens is 337 g/mol. The molecule has 25 heavy (non-hydrogen) atoms. The van der Waals surface area contributed by atoms with Gasteiger partial charge in [-0.1, -0.05) is 0 Å². The lowest BCUT2D eigenvalue weighted by Gasteiger charge is -2.09. The Morgan fingerprint density at radius 3 is 2.76 bits per heavy atom. The second kappa shape index (κ2) is 6.16. The Kier molecular flexibility index (Phi) is 4.16. The van der Waals surface area contributed by atoms with Crippen molar-refractivity contribution in [2.75, 3.05) is 6.54 Å². The first-order chi connectivity index (χ1) is 11.8. The smallest absolute Gasteiger partial charge is 0.350 e. The van der Waals surface area contributed by atoms with E-state index in [-0.39, 0.29) is 17.9 Å². The first-order valence-electron chi connectivity index (χ1n) is 7.42. The lowest BCUT2D eigenvalue weighted by atomic mass is 10.0. The van der Waals surface area contributed by atoms with Gasteiger partial charge in [0, 0.05) is 38.1 Å². The maximum Gasteiger partial charge on any atom is 0.433 e. The molecule has 1 aliphatic heterocycles. The van der Waals surface area contributed by atoms with Crippen molar-refractivity contribution >= 4 is 11.6 Å². The summed E-state index contributed by atoms with van der Waals surface area (Å²) in [5, 5.41) is 14.2. The number of rotatable bonds is 6. The van der Waals surface area contributed by atoms with Crippen molar-refractivity contribution in [3.63, 3.8) is 0 Å². The number of halogens is 3. The molecule has 3 rings (SSSR count). The average molecular weight is 350 g/mol. The summed E-state index contributed by atoms with van der Waals surface area (Å²) in [5.41, 5.74) is -1.74. The predicted octanol–water partition coefficient (Wildman–Crippen LogP) is 2.44. The largest absolute Gasteiger partial charge is 0.433 e. The number of nitrogens with zero attached hydrogens (tertiary/aromatic N) is 5. The van der Waals surface area contributed by atoms with E-state index in [1.807, 2.05) is 0 Å². The highest BCUT2D eigenvalue weighted by Crippen LogP contribution is 2.36. The van der Waals surface area contributed by atoms with E-state index in [1.54, 1.807) is 0 Å². The lowest BCUT2D eigenvalue weighted by Crippen LogP contribution is -2.28. The molecule has 0 spiro atoms. The van der Waals surface area contributed by atoms with E-state index in [9.17, 15) is 18.0 Å². The topological polar surface area (TPSA) is 84.0 Å². The van der Waals surface area contributed by atoms with Gasteiger partial charge in [0.2, 0.25) is 0 Å². The van der Waals surface area contributed by atoms with Crippen molar-refractivity contribution in [3.8, 4) is 12.3 Å². The van der Waals surface area contributed by atoms with Crippen LogP contribution in [0.15, 0.2) is 28.6 Å². The molecule has 0 bridgehead atoms. The number of carbonyl (C=O) groups excluding carboxylic acids is 1. The van der Waals surface area contributed by atoms with E-state index in [2.05, 4.69) is 31.5 Å². The molecule has 10 heteroatoms. The highest BCUT2D eigenvalue weighted by Gasteiger charge is 2.38. The summed E-state index contributed by atoms with van der Waals surface area (Å²) in [4.78, 5) is 15.9. The minimum atomic E-state index is -4.60. The third kappa shape index (κ3) is 3.60. The summed E-state index contributed by atoms with van der Waals surface area (Å²) in [6.07, 6.45) is 3.22. The zero-order valence-electron chi connectivity index (χ0n) is 12.9. The van der Waals surface area contributed by atoms with E-state index < -0.39 is 23.4 Å². The molecule has 0 saturated heterocycles. The third-order valence-corrected chi connectivity index (χ3v) is 3.74. The molecule has 0 aromatic carbocycles. The van der Waals surface area contributed by atoms with Crippen molar-refractivity contribution < 1.29 is 18.0 Å². The molecule has 0 aliphatic carbocycles. The molecular formula is C15H13F3N6O. The van der Waals surface area contributed by atoms with E-state index in [0.717, 1.165) is 12.3 Å². The number of aromatic nitrogens is 3. The van der Waals surface area contributed by atoms with Crippen LogP contribution < -0.4 is 5.32 Å². The molecule has 3 heterocycles. The van der Waals surface area contributed by atoms with Crippen LogP contribution in [0.2, 0.25) is 0 Å². The second-order valence-electron chi connectivity index (χ2n) is 5.52. The van der Waals surface area contributed by atoms with Gasteiger partial charge in [0.25, 0.3) is 5.91 Å². The van der Waals surface area contributed by atoms with Gasteiger partial charge in [-0.15, -0.1) is 12.3 Å². The Morgan fingerprint density at radius 2 is 2.12 bits per heavy atom. The molecule has 0 radical (unpaired) electrons. The molecule has 0 unspecified atom stereocenters. The molecule has 7 nitrogen and oxygen atoms in total. The van der Waals surface area contributed by atoms with Crippen LogP contribution in [-0.2, 0) is 6.18 Å². The Bertz CT molecular complexity index is 873. The van der Waals surface area contributed by atoms with Crippen molar-refractivity contribution in [1.82, 2.24) is 19.9 Å². The molecule has 1 N–H and O–H groups in total. The van der Waals surface area contributed by atoms with Crippen LogP contribution in [0.3, 0.4) is 0 Å². The Labute approximate surface area is 140 Å². The number of carbonyl (C=O) groups is 1. The molecule has 1 amide bonds. The predicted molar refractivity (Wildman–Crippen MR) is 80.6 cm³/mol. The van der Waals surface area contributed by atoms with Crippen molar-refractivity contribution in [2.45, 2.75) is 31.1 Å². The summed E-state index contributed by atoms with van der Waals surface area (Å²) in [5.74, 6) is 1.91. The van der Waals surface area contributed by atoms with Gasteiger partial charge in [0.05, 0.1) is 0 Å². The van der Waals surface area contributed by atoms with Crippen molar-refractivity contribution in [1.29, 1.82) is 0 Å². The number of amides is 1. The maximum absolute atomic E-state index is 12.9. The van der Waals surface area contributed by atoms with Crippen LogP contribution >= 0.6 is 0 Å². The zero-order valence-corrected chi connectivity index (χ0v) is 12.9. The van der Waals surface area contributed by atoms with Crippen molar-refractivity contribution in [3.05, 3.63) is 29.7 Å². The number of hydrogen-bond acceptors (Lipinski definition) is 5. The molecule has 0 atom stereocenters. The van der Waals surface area contributed by atoms with E-state index in [4.69, 9.17) is 6.42 Å². The molecule has 0 saturated carbocycles. The third-order valence-electron chi connectivity index (χ3n) is 3.74. The quantitative estimate of drug-likeness (QED) is 0.812. The molecule has 0 fully saturated rings. The van der Waals surface area contributed by atoms with Crippen LogP contribution in [0, 0.1) is 12.3 Å². The summed E-state index contributed by atoms with van der Waals surface area (Å²) in [6, 6.07) is 2.00. The fourth-order valence-corrected chi connectivity index (χ4v) is 2.36. The SMILES string of the molecule is C#CCCC1(CCNC(=O)c2cc3nccc(C(F)(F)F)n3n2)N=N1. The van der Waals surface area contributed by atoms with Crippen LogP contribution in [0.1, 0.15) is 35.4 Å². The lowest BCUT2D eigenvalue weighted by molar-refractivity contribution is -0.142. The number of nitrogens with one attached hydrogen (secondary N) is 1. The number of alkyl halides is 3. The maximum atomic E-state index is 12.9. The van der Waals surface area contributed by atoms with E-state index in [0.29, 0.717) is 23.8 Å². The van der Waals surface area contributed by atoms with Gasteiger partial charge in [-0.05, 0) is 6.07 Å². The standard InChI is InChI=1S/C15H13F3N6O/c1-2-3-5-14(22-23-14)6-8-20-13(25)10-9-12-19-7-4-11(15(16,17)18)24(12)21-10/h1,4,7,9H,3,5-6,8H2,(H,20,25). The van der Waals surface area contributed by atoms with Gasteiger partial charge in [-0.3, -0.25) is 4.79 Å². The highest BCUT2D eigenvalue weighted by molar-refractivity contribution is 5.93. The van der Waals surface area contributed by atoms with E-state index >= 15 is 0 Å². The first-order valence-corrected chi connectivity index (χ1v) is 7.42. The minimum Gasteiger partial charge on any atom is -0.350 e. The van der Waals surface area contributed by atoms with E-state index in [1.165, 1.54) is 6.07 Å². The summed E-state index contributed by atoms with van der Waals surface area (Å²) < 4.78 is 39.4. The summed E-state index contributed by atoms with van der Waals surface area (Å²) >= 11 is 0. The van der Waals surface area contributed by atoms with Crippen LogP contribution in [0.4, 0.5) is 13.2 Å². The highest BCUT2D eigenvalue weighted by atomic mass is 19.4. The molecule has 130 valence electrons. The summed E-state index contributed by atoms with van der Waals surface area (Å²) in [7, 11) is 0. The van der Waals surface area contributed by atoms with Crippen molar-refractivity contribution in [2.24, 2.45) is 10.2 Å². The Hall–Kier alpha value is -2.96. The number of hydrogen-bond donors (Lipinski definition) is 1. The van der Waals surface area contributed by atoms with Gasteiger partial charge < -0.3 is 5.32 Å². The molecule has 2 aromatic heterocycles. The zero-order chi connectivity index (χ0) is 18.1. The Balaban J connectivity index is 1.66. The Morgan fingerprint density at radius 1 is 1.36 bits per heavy atom. The van der Waals surface area contributed by atoms with Gasteiger partial charge in [-0.2, -0.15) is 28.5 Å². The monoisotopic (exact) mass is 350 g/mol. The van der Waals surface area contributed by atoms with Gasteiger partial charge in [0.1, 0.15) is 5.69 Å². The van der Waals surface area contributed by atoms with Gasteiger partial charge in [-0.25, -0.2) is 9.50 Å². The number of terminal acetylenes is 1. The molecule has 2 aromatic rings. The molecule has 1 aliphatic rings. The minimum absolute atomic E-state index is 0.0577. The first kappa shape index (κ1) is 16.9. The average Bonchev–Trinajstić information content (AvgIpc) is 3.18. The van der Waals surface area contributed by atoms with Gasteiger partial charge >= 0.3 is 6.18 Å². The second-order valence-corrected chi connectivity index (χ2v) is 5.52. The fourth-order valence-electron chi connectivity index (χ4n) is 2.36. The normalized spacial score (nSPS) is 15.1. The summed E-state index contributed by atoms with van der Waals surface area (Å²) in [6.45, 7) is 0.254. The van der Waals surface area contributed by atoms with Crippen LogP contribution in [0.5, 0.6) is 0 Å². The number of fused-ring (bicyclic) bond motifs is 1. The fraction of sp³-hybridized carbons (Fsp3) is 0.400. The van der Waals surface area contributed by atoms with Crippen LogP contribution in [0.25, 0.3) is 5.65 Å².